The van der Waals surface area contributed by atoms with E-state index in [4.69, 9.17) is 9.47 Å². The van der Waals surface area contributed by atoms with Crippen LogP contribution in [0.15, 0.2) is 0 Å². The Kier molecular flexibility index (Phi) is 3.22. The zero-order valence-corrected chi connectivity index (χ0v) is 8.17. The Labute approximate surface area is 73.7 Å². The quantitative estimate of drug-likeness (QED) is 0.615. The first-order chi connectivity index (χ1) is 5.09. The Morgan fingerprint density at radius 3 is 2.09 bits per heavy atom. The van der Waals surface area contributed by atoms with E-state index < -0.39 is 0 Å². The lowest BCUT2D eigenvalue weighted by atomic mass is 10.2. The van der Waals surface area contributed by atoms with Crippen molar-refractivity contribution in [3.8, 4) is 0 Å². The first-order valence-electron chi connectivity index (χ1n) is 4.08. The van der Waals surface area contributed by atoms with Crippen molar-refractivity contribution in [1.82, 2.24) is 0 Å². The van der Waals surface area contributed by atoms with Gasteiger partial charge in [0.1, 0.15) is 0 Å². The van der Waals surface area contributed by atoms with Gasteiger partial charge in [-0.2, -0.15) is 12.6 Å². The van der Waals surface area contributed by atoms with E-state index in [2.05, 4.69) is 26.5 Å². The van der Waals surface area contributed by atoms with E-state index in [0.717, 1.165) is 6.42 Å². The molecule has 2 nitrogen and oxygen atoms in total. The molecule has 0 aromatic rings. The van der Waals surface area contributed by atoms with E-state index in [-0.39, 0.29) is 11.5 Å². The fourth-order valence-electron chi connectivity index (χ4n) is 1.30. The molecule has 1 rings (SSSR count). The second kappa shape index (κ2) is 3.78. The van der Waals surface area contributed by atoms with E-state index >= 15 is 0 Å². The molecule has 0 saturated carbocycles. The van der Waals surface area contributed by atoms with Crippen LogP contribution in [0.25, 0.3) is 0 Å². The van der Waals surface area contributed by atoms with Crippen LogP contribution in [-0.4, -0.2) is 23.7 Å². The summed E-state index contributed by atoms with van der Waals surface area (Å²) in [6.07, 6.45) is 1.46. The molecule has 0 aromatic heterocycles. The van der Waals surface area contributed by atoms with Crippen molar-refractivity contribution in [2.75, 3.05) is 0 Å². The van der Waals surface area contributed by atoms with Crippen LogP contribution in [0.4, 0.5) is 0 Å². The van der Waals surface area contributed by atoms with Gasteiger partial charge in [-0.15, -0.1) is 0 Å². The van der Waals surface area contributed by atoms with Gasteiger partial charge < -0.3 is 9.47 Å². The highest BCUT2D eigenvalue weighted by Gasteiger charge is 2.27. The highest BCUT2D eigenvalue weighted by Crippen LogP contribution is 2.21. The number of thiol groups is 1. The van der Waals surface area contributed by atoms with E-state index in [1.807, 2.05) is 6.92 Å². The highest BCUT2D eigenvalue weighted by molar-refractivity contribution is 7.81. The molecule has 3 atom stereocenters. The number of rotatable bonds is 1. The summed E-state index contributed by atoms with van der Waals surface area (Å²) in [5.41, 5.74) is 0. The summed E-state index contributed by atoms with van der Waals surface area (Å²) in [6, 6.07) is 0. The van der Waals surface area contributed by atoms with Gasteiger partial charge in [-0.25, -0.2) is 0 Å². The second-order valence-electron chi connectivity index (χ2n) is 3.24. The van der Waals surface area contributed by atoms with Gasteiger partial charge >= 0.3 is 0 Å². The van der Waals surface area contributed by atoms with Crippen LogP contribution in [0.5, 0.6) is 0 Å². The Morgan fingerprint density at radius 1 is 1.27 bits per heavy atom. The first kappa shape index (κ1) is 9.36. The summed E-state index contributed by atoms with van der Waals surface area (Å²) in [6.45, 7) is 6.13. The molecular formula is C8H16O2S. The minimum Gasteiger partial charge on any atom is -0.348 e. The predicted octanol–water partition coefficient (Wildman–Crippen LogP) is 1.84. The summed E-state index contributed by atoms with van der Waals surface area (Å²) >= 11 is 4.27. The monoisotopic (exact) mass is 176 g/mol. The maximum Gasteiger partial charge on any atom is 0.169 e. The Balaban J connectivity index is 2.43. The smallest absolute Gasteiger partial charge is 0.169 e. The fraction of sp³-hybridized carbons (Fsp3) is 1.00. The molecule has 0 unspecified atom stereocenters. The van der Waals surface area contributed by atoms with Gasteiger partial charge in [0.05, 0.1) is 17.5 Å². The van der Waals surface area contributed by atoms with Crippen molar-refractivity contribution in [3.63, 3.8) is 0 Å². The first-order valence-corrected chi connectivity index (χ1v) is 4.60. The predicted molar refractivity (Wildman–Crippen MR) is 47.9 cm³/mol. The molecule has 66 valence electrons. The maximum atomic E-state index is 5.52. The van der Waals surface area contributed by atoms with Crippen molar-refractivity contribution in [3.05, 3.63) is 0 Å². The summed E-state index contributed by atoms with van der Waals surface area (Å²) < 4.78 is 11.0. The standard InChI is InChI=1S/C8H16O2S/c1-5-4-6(2)10-8(9-5)7(3)11/h5-8,11H,4H2,1-3H3/t5-,6-,7+/m0/s1. The van der Waals surface area contributed by atoms with Crippen molar-refractivity contribution in [2.24, 2.45) is 0 Å². The lowest BCUT2D eigenvalue weighted by Gasteiger charge is -2.34. The van der Waals surface area contributed by atoms with Gasteiger partial charge in [-0.3, -0.25) is 0 Å². The van der Waals surface area contributed by atoms with Crippen LogP contribution < -0.4 is 0 Å². The average molecular weight is 176 g/mol. The molecule has 0 N–H and O–H groups in total. The fourth-order valence-corrected chi connectivity index (χ4v) is 1.44. The Morgan fingerprint density at radius 2 is 1.73 bits per heavy atom. The highest BCUT2D eigenvalue weighted by atomic mass is 32.1. The van der Waals surface area contributed by atoms with E-state index in [1.165, 1.54) is 0 Å². The largest absolute Gasteiger partial charge is 0.348 e. The minimum absolute atomic E-state index is 0.128. The van der Waals surface area contributed by atoms with Crippen LogP contribution >= 0.6 is 12.6 Å². The average Bonchev–Trinajstić information content (AvgIpc) is 1.85. The van der Waals surface area contributed by atoms with Gasteiger partial charge in [-0.1, -0.05) is 0 Å². The molecular weight excluding hydrogens is 160 g/mol. The summed E-state index contributed by atoms with van der Waals surface area (Å²) in [5.74, 6) is 0. The Hall–Kier alpha value is 0.270. The molecule has 1 saturated heterocycles. The van der Waals surface area contributed by atoms with Gasteiger partial charge in [0.15, 0.2) is 6.29 Å². The Bertz CT molecular complexity index is 117. The molecule has 1 heterocycles. The molecule has 1 aliphatic heterocycles. The minimum atomic E-state index is -0.128. The summed E-state index contributed by atoms with van der Waals surface area (Å²) in [5, 5.41) is 0.153. The van der Waals surface area contributed by atoms with Crippen molar-refractivity contribution < 1.29 is 9.47 Å². The number of ether oxygens (including phenoxy) is 2. The van der Waals surface area contributed by atoms with Crippen LogP contribution in [0, 0.1) is 0 Å². The van der Waals surface area contributed by atoms with Gasteiger partial charge in [0.25, 0.3) is 0 Å². The van der Waals surface area contributed by atoms with Crippen LogP contribution in [0.3, 0.4) is 0 Å². The van der Waals surface area contributed by atoms with Crippen molar-refractivity contribution in [1.29, 1.82) is 0 Å². The molecule has 0 aliphatic carbocycles. The number of hydrogen-bond donors (Lipinski definition) is 1. The van der Waals surface area contributed by atoms with Crippen molar-refractivity contribution in [2.45, 2.75) is 50.9 Å². The van der Waals surface area contributed by atoms with Crippen molar-refractivity contribution >= 4 is 12.6 Å². The molecule has 0 bridgehead atoms. The van der Waals surface area contributed by atoms with Gasteiger partial charge in [0, 0.05) is 0 Å². The van der Waals surface area contributed by atoms with E-state index in [1.54, 1.807) is 0 Å². The SMILES string of the molecule is C[C@H]1C[C@H](C)OC([C@@H](C)S)O1. The van der Waals surface area contributed by atoms with Crippen LogP contribution in [0.1, 0.15) is 27.2 Å². The normalized spacial score (nSPS) is 42.0. The third-order valence-electron chi connectivity index (χ3n) is 1.79. The van der Waals surface area contributed by atoms with E-state index in [0.29, 0.717) is 12.2 Å². The third kappa shape index (κ3) is 2.65. The molecule has 1 aliphatic rings. The molecule has 1 fully saturated rings. The second-order valence-corrected chi connectivity index (χ2v) is 4.05. The zero-order chi connectivity index (χ0) is 8.43. The number of hydrogen-bond acceptors (Lipinski definition) is 3. The molecule has 11 heavy (non-hydrogen) atoms. The third-order valence-corrected chi connectivity index (χ3v) is 2.03. The van der Waals surface area contributed by atoms with Gasteiger partial charge in [0.2, 0.25) is 0 Å². The molecule has 0 amide bonds. The molecule has 0 aromatic carbocycles. The van der Waals surface area contributed by atoms with E-state index in [9.17, 15) is 0 Å². The van der Waals surface area contributed by atoms with Gasteiger partial charge in [-0.05, 0) is 27.2 Å². The summed E-state index contributed by atoms with van der Waals surface area (Å²) in [7, 11) is 0. The van der Waals surface area contributed by atoms with Crippen LogP contribution in [0.2, 0.25) is 0 Å². The molecule has 0 radical (unpaired) electrons. The molecule has 3 heteroatoms. The topological polar surface area (TPSA) is 18.5 Å². The lowest BCUT2D eigenvalue weighted by molar-refractivity contribution is -0.231. The lowest BCUT2D eigenvalue weighted by Crippen LogP contribution is -2.39. The summed E-state index contributed by atoms with van der Waals surface area (Å²) in [4.78, 5) is 0. The van der Waals surface area contributed by atoms with Crippen LogP contribution in [-0.2, 0) is 9.47 Å². The zero-order valence-electron chi connectivity index (χ0n) is 7.28. The molecule has 0 spiro atoms. The maximum absolute atomic E-state index is 5.52.